The van der Waals surface area contributed by atoms with Crippen molar-refractivity contribution in [1.82, 2.24) is 9.80 Å². The molecule has 0 aromatic heterocycles. The Morgan fingerprint density at radius 1 is 1.21 bits per heavy atom. The molecular weight excluding hydrogens is 180 g/mol. The number of nitrogens with one attached hydrogen (secondary N) is 1. The van der Waals surface area contributed by atoms with E-state index in [1.54, 1.807) is 0 Å². The lowest BCUT2D eigenvalue weighted by molar-refractivity contribution is 0.199. The maximum atomic E-state index is 8.81. The van der Waals surface area contributed by atoms with Crippen LogP contribution in [0.4, 0.5) is 0 Å². The topological polar surface area (TPSA) is 76.6 Å². The summed E-state index contributed by atoms with van der Waals surface area (Å²) in [6.45, 7) is 5.51. The average Bonchev–Trinajstić information content (AvgIpc) is 2.31. The number of hydrogen-bond acceptors (Lipinski definition) is 4. The maximum Gasteiger partial charge on any atom is 0.105 e. The highest BCUT2D eigenvalue weighted by Gasteiger charge is 2.14. The molecule has 5 heteroatoms. The van der Waals surface area contributed by atoms with E-state index in [-0.39, 0.29) is 12.4 Å². The first-order chi connectivity index (χ1) is 6.72. The smallest absolute Gasteiger partial charge is 0.105 e. The number of aliphatic hydroxyl groups is 1. The first kappa shape index (κ1) is 11.4. The second kappa shape index (κ2) is 5.95. The number of amidine groups is 1. The number of rotatable bonds is 4. The molecule has 1 aliphatic heterocycles. The van der Waals surface area contributed by atoms with Crippen LogP contribution in [0.25, 0.3) is 0 Å². The van der Waals surface area contributed by atoms with E-state index in [1.165, 1.54) is 0 Å². The van der Waals surface area contributed by atoms with Crippen molar-refractivity contribution in [2.75, 3.05) is 45.9 Å². The molecule has 1 rings (SSSR count). The summed E-state index contributed by atoms with van der Waals surface area (Å²) in [6.07, 6.45) is 1.09. The van der Waals surface area contributed by atoms with E-state index in [1.807, 2.05) is 0 Å². The number of nitrogens with zero attached hydrogens (tertiary/aromatic N) is 2. The predicted molar refractivity (Wildman–Crippen MR) is 56.5 cm³/mol. The summed E-state index contributed by atoms with van der Waals surface area (Å²) in [7, 11) is 0. The van der Waals surface area contributed by atoms with Crippen LogP contribution in [-0.4, -0.2) is 66.6 Å². The first-order valence-electron chi connectivity index (χ1n) is 5.11. The summed E-state index contributed by atoms with van der Waals surface area (Å²) in [5.74, 6) is 0.237. The van der Waals surface area contributed by atoms with Gasteiger partial charge >= 0.3 is 0 Å². The third-order valence-corrected chi connectivity index (χ3v) is 2.49. The number of aliphatic hydroxyl groups excluding tert-OH is 1. The van der Waals surface area contributed by atoms with E-state index in [9.17, 15) is 0 Å². The van der Waals surface area contributed by atoms with Gasteiger partial charge in [-0.05, 0) is 19.5 Å². The number of nitrogens with two attached hydrogens (primary N) is 1. The normalized spacial score (nSPS) is 20.6. The van der Waals surface area contributed by atoms with Crippen LogP contribution in [0.2, 0.25) is 0 Å². The van der Waals surface area contributed by atoms with Crippen molar-refractivity contribution in [1.29, 1.82) is 5.41 Å². The summed E-state index contributed by atoms with van der Waals surface area (Å²) in [4.78, 5) is 4.44. The van der Waals surface area contributed by atoms with Gasteiger partial charge in [-0.3, -0.25) is 15.2 Å². The van der Waals surface area contributed by atoms with Crippen molar-refractivity contribution in [2.24, 2.45) is 5.73 Å². The molecule has 0 saturated carbocycles. The fourth-order valence-corrected chi connectivity index (χ4v) is 1.79. The van der Waals surface area contributed by atoms with Crippen LogP contribution in [0.5, 0.6) is 0 Å². The Bertz CT molecular complexity index is 186. The van der Waals surface area contributed by atoms with Gasteiger partial charge in [-0.1, -0.05) is 0 Å². The minimum Gasteiger partial charge on any atom is -0.395 e. The highest BCUT2D eigenvalue weighted by atomic mass is 16.3. The molecule has 1 saturated heterocycles. The van der Waals surface area contributed by atoms with Gasteiger partial charge in [0, 0.05) is 19.6 Å². The number of hydrogen-bond donors (Lipinski definition) is 3. The van der Waals surface area contributed by atoms with Gasteiger partial charge in [-0.25, -0.2) is 0 Å². The van der Waals surface area contributed by atoms with Crippen molar-refractivity contribution in [2.45, 2.75) is 6.42 Å². The van der Waals surface area contributed by atoms with Gasteiger partial charge in [-0.15, -0.1) is 0 Å². The Balaban J connectivity index is 2.29. The molecule has 0 atom stereocenters. The van der Waals surface area contributed by atoms with Crippen LogP contribution < -0.4 is 5.73 Å². The SMILES string of the molecule is N=C(N)CN1CCCN(CCO)CC1. The van der Waals surface area contributed by atoms with Crippen LogP contribution in [0, 0.1) is 5.41 Å². The molecule has 5 nitrogen and oxygen atoms in total. The third-order valence-electron chi connectivity index (χ3n) is 2.49. The van der Waals surface area contributed by atoms with Gasteiger partial charge in [-0.2, -0.15) is 0 Å². The van der Waals surface area contributed by atoms with Crippen molar-refractivity contribution >= 4 is 5.84 Å². The Hall–Kier alpha value is -0.650. The van der Waals surface area contributed by atoms with Crippen LogP contribution in [0.1, 0.15) is 6.42 Å². The first-order valence-corrected chi connectivity index (χ1v) is 5.11. The highest BCUT2D eigenvalue weighted by molar-refractivity contribution is 5.78. The second-order valence-corrected chi connectivity index (χ2v) is 3.72. The van der Waals surface area contributed by atoms with Crippen LogP contribution >= 0.6 is 0 Å². The Labute approximate surface area is 85.0 Å². The van der Waals surface area contributed by atoms with E-state index >= 15 is 0 Å². The summed E-state index contributed by atoms with van der Waals surface area (Å²) < 4.78 is 0. The zero-order valence-corrected chi connectivity index (χ0v) is 8.58. The Morgan fingerprint density at radius 2 is 1.86 bits per heavy atom. The molecule has 0 aromatic carbocycles. The van der Waals surface area contributed by atoms with Gasteiger partial charge in [0.05, 0.1) is 13.2 Å². The van der Waals surface area contributed by atoms with Gasteiger partial charge < -0.3 is 10.8 Å². The van der Waals surface area contributed by atoms with Gasteiger partial charge in [0.25, 0.3) is 0 Å². The lowest BCUT2D eigenvalue weighted by Gasteiger charge is -2.20. The highest BCUT2D eigenvalue weighted by Crippen LogP contribution is 2.01. The van der Waals surface area contributed by atoms with E-state index in [2.05, 4.69) is 9.80 Å². The minimum absolute atomic E-state index is 0.229. The molecule has 14 heavy (non-hydrogen) atoms. The largest absolute Gasteiger partial charge is 0.395 e. The zero-order chi connectivity index (χ0) is 10.4. The molecule has 82 valence electrons. The Morgan fingerprint density at radius 3 is 2.50 bits per heavy atom. The van der Waals surface area contributed by atoms with E-state index < -0.39 is 0 Å². The van der Waals surface area contributed by atoms with Crippen molar-refractivity contribution in [3.8, 4) is 0 Å². The third kappa shape index (κ3) is 4.04. The minimum atomic E-state index is 0.229. The van der Waals surface area contributed by atoms with Gasteiger partial charge in [0.2, 0.25) is 0 Å². The van der Waals surface area contributed by atoms with Crippen molar-refractivity contribution < 1.29 is 5.11 Å². The molecule has 0 aliphatic carbocycles. The molecule has 0 spiro atoms. The lowest BCUT2D eigenvalue weighted by atomic mass is 10.4. The second-order valence-electron chi connectivity index (χ2n) is 3.72. The van der Waals surface area contributed by atoms with Crippen molar-refractivity contribution in [3.05, 3.63) is 0 Å². The molecule has 1 aliphatic rings. The fourth-order valence-electron chi connectivity index (χ4n) is 1.79. The molecule has 0 amide bonds. The van der Waals surface area contributed by atoms with Crippen LogP contribution in [0.3, 0.4) is 0 Å². The van der Waals surface area contributed by atoms with Gasteiger partial charge in [0.15, 0.2) is 0 Å². The van der Waals surface area contributed by atoms with Gasteiger partial charge in [0.1, 0.15) is 5.84 Å². The number of β-amino-alcohol motifs (C(OH)–C–C–N with tert-alkyl or cyclic N) is 1. The summed E-state index contributed by atoms with van der Waals surface area (Å²) in [5, 5.41) is 16.0. The fraction of sp³-hybridized carbons (Fsp3) is 0.889. The monoisotopic (exact) mass is 200 g/mol. The molecular formula is C9H20N4O. The quantitative estimate of drug-likeness (QED) is 0.398. The molecule has 0 aromatic rings. The summed E-state index contributed by atoms with van der Waals surface area (Å²) in [5.41, 5.74) is 5.36. The van der Waals surface area contributed by atoms with Crippen LogP contribution in [-0.2, 0) is 0 Å². The molecule has 4 N–H and O–H groups in total. The Kier molecular flexibility index (Phi) is 4.86. The van der Waals surface area contributed by atoms with Crippen molar-refractivity contribution in [3.63, 3.8) is 0 Å². The molecule has 1 heterocycles. The van der Waals surface area contributed by atoms with Crippen LogP contribution in [0.15, 0.2) is 0 Å². The molecule has 0 unspecified atom stereocenters. The average molecular weight is 200 g/mol. The zero-order valence-electron chi connectivity index (χ0n) is 8.58. The summed E-state index contributed by atoms with van der Waals surface area (Å²) in [6, 6.07) is 0. The molecule has 1 fully saturated rings. The maximum absolute atomic E-state index is 8.81. The standard InChI is InChI=1S/C9H20N4O/c10-9(11)8-13-3-1-2-12(4-5-13)6-7-14/h14H,1-8H2,(H3,10,11). The van der Waals surface area contributed by atoms with E-state index in [0.29, 0.717) is 6.54 Å². The molecule has 0 radical (unpaired) electrons. The lowest BCUT2D eigenvalue weighted by Crippen LogP contribution is -2.36. The molecule has 0 bridgehead atoms. The summed E-state index contributed by atoms with van der Waals surface area (Å²) >= 11 is 0. The van der Waals surface area contributed by atoms with E-state index in [0.717, 1.165) is 39.1 Å². The van der Waals surface area contributed by atoms with E-state index in [4.69, 9.17) is 16.2 Å². The predicted octanol–water partition coefficient (Wildman–Crippen LogP) is -1.08.